The number of hydrogen-bond acceptors (Lipinski definition) is 3. The van der Waals surface area contributed by atoms with Gasteiger partial charge in [0.25, 0.3) is 0 Å². The van der Waals surface area contributed by atoms with Gasteiger partial charge in [0.05, 0.1) is 0 Å². The second-order valence-corrected chi connectivity index (χ2v) is 5.12. The number of rotatable bonds is 4. The van der Waals surface area contributed by atoms with Crippen LogP contribution in [0, 0.1) is 12.1 Å². The van der Waals surface area contributed by atoms with Crippen LogP contribution in [0.5, 0.6) is 0 Å². The third-order valence-corrected chi connectivity index (χ3v) is 3.52. The molecule has 5 nitrogen and oxygen atoms in total. The number of aromatic nitrogens is 4. The molecule has 0 bridgehead atoms. The maximum atomic E-state index is 12.6. The standard InChI is InChI=1S/C19H12N4O.Pt/c24-19(17-11-13-22(20-17)15-7-3-1-4-8-15)18-12-14-23(21-18)16-9-5-2-6-10-16;/h1-7,9,11-14H;/q-2;+2. The van der Waals surface area contributed by atoms with Crippen molar-refractivity contribution in [2.45, 2.75) is 0 Å². The smallest absolute Gasteiger partial charge is 0.285 e. The molecule has 0 aliphatic heterocycles. The Bertz CT molecular complexity index is 897. The van der Waals surface area contributed by atoms with Crippen molar-refractivity contribution in [3.8, 4) is 11.4 Å². The van der Waals surface area contributed by atoms with E-state index in [2.05, 4.69) is 22.3 Å². The third kappa shape index (κ3) is 3.51. The molecule has 124 valence electrons. The van der Waals surface area contributed by atoms with E-state index in [1.54, 1.807) is 46.0 Å². The molecule has 2 aromatic heterocycles. The summed E-state index contributed by atoms with van der Waals surface area (Å²) in [5.41, 5.74) is 2.24. The largest absolute Gasteiger partial charge is 2.00 e. The van der Waals surface area contributed by atoms with Crippen molar-refractivity contribution in [2.24, 2.45) is 0 Å². The Morgan fingerprint density at radius 2 is 1.24 bits per heavy atom. The van der Waals surface area contributed by atoms with E-state index < -0.39 is 0 Å². The molecule has 0 unspecified atom stereocenters. The third-order valence-electron chi connectivity index (χ3n) is 3.52. The normalized spacial score (nSPS) is 10.2. The Morgan fingerprint density at radius 1 is 0.760 bits per heavy atom. The van der Waals surface area contributed by atoms with Gasteiger partial charge in [0.2, 0.25) is 5.78 Å². The summed E-state index contributed by atoms with van der Waals surface area (Å²) in [6.07, 6.45) is 3.47. The van der Waals surface area contributed by atoms with Crippen LogP contribution in [-0.4, -0.2) is 25.3 Å². The van der Waals surface area contributed by atoms with Crippen molar-refractivity contribution in [2.75, 3.05) is 0 Å². The van der Waals surface area contributed by atoms with E-state index in [1.165, 1.54) is 0 Å². The second kappa shape index (κ2) is 7.41. The quantitative estimate of drug-likeness (QED) is 0.316. The summed E-state index contributed by atoms with van der Waals surface area (Å²) in [6, 6.07) is 24.4. The van der Waals surface area contributed by atoms with Crippen LogP contribution < -0.4 is 0 Å². The molecule has 25 heavy (non-hydrogen) atoms. The molecule has 4 aromatic rings. The first kappa shape index (κ1) is 17.1. The van der Waals surface area contributed by atoms with E-state index in [0.717, 1.165) is 11.4 Å². The molecule has 2 aromatic carbocycles. The molecule has 6 heteroatoms. The van der Waals surface area contributed by atoms with Gasteiger partial charge >= 0.3 is 21.1 Å². The zero-order valence-corrected chi connectivity index (χ0v) is 15.2. The van der Waals surface area contributed by atoms with E-state index in [-0.39, 0.29) is 26.8 Å². The van der Waals surface area contributed by atoms with Crippen LogP contribution in [0.25, 0.3) is 11.4 Å². The Hall–Kier alpha value is -2.78. The van der Waals surface area contributed by atoms with E-state index in [1.807, 2.05) is 36.4 Å². The van der Waals surface area contributed by atoms with Crippen molar-refractivity contribution in [1.82, 2.24) is 19.6 Å². The van der Waals surface area contributed by atoms with Crippen LogP contribution in [0.2, 0.25) is 0 Å². The molecule has 0 aliphatic rings. The van der Waals surface area contributed by atoms with Crippen molar-refractivity contribution >= 4 is 5.78 Å². The Morgan fingerprint density at radius 3 is 1.64 bits per heavy atom. The molecule has 0 saturated carbocycles. The van der Waals surface area contributed by atoms with E-state index in [9.17, 15) is 4.79 Å². The molecule has 0 atom stereocenters. The topological polar surface area (TPSA) is 52.7 Å². The number of ketones is 1. The van der Waals surface area contributed by atoms with Gasteiger partial charge in [-0.15, -0.1) is 12.1 Å². The maximum Gasteiger partial charge on any atom is 2.00 e. The predicted octanol–water partition coefficient (Wildman–Crippen LogP) is 2.89. The fraction of sp³-hybridized carbons (Fsp3) is 0. The van der Waals surface area contributed by atoms with Gasteiger partial charge in [-0.2, -0.15) is 58.7 Å². The summed E-state index contributed by atoms with van der Waals surface area (Å²) < 4.78 is 3.24. The van der Waals surface area contributed by atoms with Gasteiger partial charge in [0.15, 0.2) is 0 Å². The minimum atomic E-state index is -0.223. The zero-order chi connectivity index (χ0) is 16.4. The van der Waals surface area contributed by atoms with Crippen molar-refractivity contribution < 1.29 is 25.9 Å². The minimum Gasteiger partial charge on any atom is -0.285 e. The van der Waals surface area contributed by atoms with E-state index >= 15 is 0 Å². The maximum absolute atomic E-state index is 12.6. The molecule has 2 heterocycles. The molecule has 0 amide bonds. The number of nitrogens with zero attached hydrogens (tertiary/aromatic N) is 4. The van der Waals surface area contributed by atoms with Gasteiger partial charge in [-0.3, -0.25) is 14.2 Å². The van der Waals surface area contributed by atoms with Gasteiger partial charge in [0.1, 0.15) is 11.4 Å². The summed E-state index contributed by atoms with van der Waals surface area (Å²) in [7, 11) is 0. The number of benzene rings is 2. The van der Waals surface area contributed by atoms with Gasteiger partial charge in [-0.05, 0) is 23.5 Å². The van der Waals surface area contributed by atoms with Gasteiger partial charge in [-0.1, -0.05) is 0 Å². The average Bonchev–Trinajstić information content (AvgIpc) is 3.33. The monoisotopic (exact) mass is 507 g/mol. The zero-order valence-electron chi connectivity index (χ0n) is 12.9. The fourth-order valence-corrected chi connectivity index (χ4v) is 2.34. The van der Waals surface area contributed by atoms with Crippen LogP contribution in [0.1, 0.15) is 16.2 Å². The van der Waals surface area contributed by atoms with Gasteiger partial charge < -0.3 is 0 Å². The summed E-state index contributed by atoms with van der Waals surface area (Å²) in [6.45, 7) is 0. The van der Waals surface area contributed by atoms with Gasteiger partial charge in [-0.25, -0.2) is 0 Å². The summed E-state index contributed by atoms with van der Waals surface area (Å²) in [5, 5.41) is 8.64. The van der Waals surface area contributed by atoms with Crippen LogP contribution >= 0.6 is 0 Å². The van der Waals surface area contributed by atoms with E-state index in [4.69, 9.17) is 0 Å². The molecular formula is C19H12N4OPt. The molecular weight excluding hydrogens is 495 g/mol. The molecule has 0 saturated heterocycles. The Balaban J connectivity index is 0.00000182. The molecule has 0 fully saturated rings. The Labute approximate surface area is 159 Å². The first-order valence-corrected chi connectivity index (χ1v) is 7.41. The minimum absolute atomic E-state index is 0. The molecule has 0 radical (unpaired) electrons. The van der Waals surface area contributed by atoms with Crippen LogP contribution in [0.15, 0.2) is 73.1 Å². The molecule has 0 aliphatic carbocycles. The number of hydrogen-bond donors (Lipinski definition) is 0. The van der Waals surface area contributed by atoms with Crippen LogP contribution in [0.3, 0.4) is 0 Å². The second-order valence-electron chi connectivity index (χ2n) is 5.12. The molecule has 0 spiro atoms. The van der Waals surface area contributed by atoms with Crippen molar-refractivity contribution in [3.05, 3.63) is 96.6 Å². The number of carbonyl (C=O) groups is 1. The molecule has 0 N–H and O–H groups in total. The number of carbonyl (C=O) groups excluding carboxylic acids is 1. The number of para-hydroxylation sites is 2. The van der Waals surface area contributed by atoms with E-state index in [0.29, 0.717) is 11.4 Å². The molecule has 4 rings (SSSR count). The first-order valence-electron chi connectivity index (χ1n) is 7.41. The SMILES string of the molecule is O=C(c1ccn(-c2[c-]cccc2)n1)c1ccn(-c2[c-]cccc2)n1.[Pt+2]. The van der Waals surface area contributed by atoms with Gasteiger partial charge in [0, 0.05) is 12.4 Å². The van der Waals surface area contributed by atoms with Crippen molar-refractivity contribution in [1.29, 1.82) is 0 Å². The summed E-state index contributed by atoms with van der Waals surface area (Å²) in [4.78, 5) is 12.6. The van der Waals surface area contributed by atoms with Crippen molar-refractivity contribution in [3.63, 3.8) is 0 Å². The summed E-state index contributed by atoms with van der Waals surface area (Å²) in [5.74, 6) is -0.223. The van der Waals surface area contributed by atoms with Crippen LogP contribution in [0.4, 0.5) is 0 Å². The Kier molecular flexibility index (Phi) is 5.05. The van der Waals surface area contributed by atoms with Crippen LogP contribution in [-0.2, 0) is 21.1 Å². The predicted molar refractivity (Wildman–Crippen MR) is 88.2 cm³/mol. The summed E-state index contributed by atoms with van der Waals surface area (Å²) >= 11 is 0. The fourth-order valence-electron chi connectivity index (χ4n) is 2.34. The average molecular weight is 507 g/mol. The first-order chi connectivity index (χ1) is 11.8.